The molecule has 3 N–H and O–H groups in total. The zero-order valence-corrected chi connectivity index (χ0v) is 10.8. The van der Waals surface area contributed by atoms with Crippen molar-refractivity contribution in [2.45, 2.75) is 25.8 Å². The van der Waals surface area contributed by atoms with Crippen LogP contribution in [0.2, 0.25) is 5.02 Å². The van der Waals surface area contributed by atoms with E-state index in [2.05, 4.69) is 5.32 Å². The van der Waals surface area contributed by atoms with Gasteiger partial charge in [-0.15, -0.1) is 0 Å². The molecule has 1 aromatic carbocycles. The highest BCUT2D eigenvalue weighted by Gasteiger charge is 2.07. The van der Waals surface area contributed by atoms with Crippen molar-refractivity contribution in [3.05, 3.63) is 23.2 Å². The maximum absolute atomic E-state index is 11.6. The summed E-state index contributed by atoms with van der Waals surface area (Å²) in [6, 6.07) is 5.13. The monoisotopic (exact) mass is 256 g/mol. The van der Waals surface area contributed by atoms with Crippen LogP contribution in [0.15, 0.2) is 18.2 Å². The van der Waals surface area contributed by atoms with Crippen LogP contribution in [0, 0.1) is 0 Å². The SMILES string of the molecule is COc1ccc(NC(=O)CCC(C)N)c(Cl)c1. The van der Waals surface area contributed by atoms with Crippen LogP contribution in [0.3, 0.4) is 0 Å². The molecule has 0 spiro atoms. The first kappa shape index (κ1) is 13.8. The molecule has 0 aliphatic carbocycles. The van der Waals surface area contributed by atoms with Crippen LogP contribution in [-0.4, -0.2) is 19.1 Å². The Balaban J connectivity index is 2.59. The Morgan fingerprint density at radius 2 is 2.29 bits per heavy atom. The highest BCUT2D eigenvalue weighted by molar-refractivity contribution is 6.33. The minimum atomic E-state index is -0.0885. The molecular weight excluding hydrogens is 240 g/mol. The lowest BCUT2D eigenvalue weighted by atomic mass is 10.2. The lowest BCUT2D eigenvalue weighted by Gasteiger charge is -2.09. The second-order valence-electron chi connectivity index (χ2n) is 3.91. The molecule has 0 aliphatic rings. The van der Waals surface area contributed by atoms with Crippen LogP contribution in [-0.2, 0) is 4.79 Å². The van der Waals surface area contributed by atoms with Gasteiger partial charge in [-0.25, -0.2) is 0 Å². The van der Waals surface area contributed by atoms with Crippen LogP contribution in [0.25, 0.3) is 0 Å². The molecule has 1 atom stereocenters. The second kappa shape index (κ2) is 6.47. The van der Waals surface area contributed by atoms with E-state index in [1.54, 1.807) is 25.3 Å². The molecule has 1 amide bonds. The Kier molecular flexibility index (Phi) is 5.25. The molecule has 0 aromatic heterocycles. The molecule has 1 aromatic rings. The van der Waals surface area contributed by atoms with E-state index >= 15 is 0 Å². The third-order valence-electron chi connectivity index (χ3n) is 2.28. The number of hydrogen-bond acceptors (Lipinski definition) is 3. The average Bonchev–Trinajstić information content (AvgIpc) is 2.29. The maximum atomic E-state index is 11.6. The van der Waals surface area contributed by atoms with Crippen LogP contribution in [0.1, 0.15) is 19.8 Å². The van der Waals surface area contributed by atoms with Gasteiger partial charge in [0, 0.05) is 18.5 Å². The first-order chi connectivity index (χ1) is 8.02. The lowest BCUT2D eigenvalue weighted by molar-refractivity contribution is -0.116. The van der Waals surface area contributed by atoms with E-state index in [9.17, 15) is 4.79 Å². The van der Waals surface area contributed by atoms with Gasteiger partial charge in [0.05, 0.1) is 17.8 Å². The zero-order chi connectivity index (χ0) is 12.8. The fourth-order valence-electron chi connectivity index (χ4n) is 1.30. The van der Waals surface area contributed by atoms with Crippen molar-refractivity contribution >= 4 is 23.2 Å². The third-order valence-corrected chi connectivity index (χ3v) is 2.59. The second-order valence-corrected chi connectivity index (χ2v) is 4.32. The lowest BCUT2D eigenvalue weighted by Crippen LogP contribution is -2.19. The Morgan fingerprint density at radius 3 is 2.82 bits per heavy atom. The van der Waals surface area contributed by atoms with Crippen LogP contribution < -0.4 is 15.8 Å². The standard InChI is InChI=1S/C12H17ClN2O2/c1-8(14)3-6-12(16)15-11-5-4-9(17-2)7-10(11)13/h4-5,7-8H,3,6,14H2,1-2H3,(H,15,16). The van der Waals surface area contributed by atoms with E-state index in [1.807, 2.05) is 6.92 Å². The van der Waals surface area contributed by atoms with E-state index < -0.39 is 0 Å². The predicted molar refractivity (Wildman–Crippen MR) is 69.5 cm³/mol. The van der Waals surface area contributed by atoms with Gasteiger partial charge in [0.15, 0.2) is 0 Å². The molecule has 17 heavy (non-hydrogen) atoms. The maximum Gasteiger partial charge on any atom is 0.224 e. The Labute approximate surface area is 106 Å². The van der Waals surface area contributed by atoms with Gasteiger partial charge in [0.25, 0.3) is 0 Å². The van der Waals surface area contributed by atoms with Gasteiger partial charge in [-0.3, -0.25) is 4.79 Å². The molecule has 94 valence electrons. The number of halogens is 1. The quantitative estimate of drug-likeness (QED) is 0.850. The van der Waals surface area contributed by atoms with Crippen LogP contribution in [0.4, 0.5) is 5.69 Å². The molecule has 0 fully saturated rings. The van der Waals surface area contributed by atoms with Gasteiger partial charge < -0.3 is 15.8 Å². The summed E-state index contributed by atoms with van der Waals surface area (Å²) in [6.45, 7) is 1.87. The van der Waals surface area contributed by atoms with Crippen LogP contribution >= 0.6 is 11.6 Å². The number of nitrogens with two attached hydrogens (primary N) is 1. The van der Waals surface area contributed by atoms with E-state index in [4.69, 9.17) is 22.1 Å². The first-order valence-corrected chi connectivity index (χ1v) is 5.79. The molecule has 0 saturated heterocycles. The highest BCUT2D eigenvalue weighted by Crippen LogP contribution is 2.26. The summed E-state index contributed by atoms with van der Waals surface area (Å²) in [5, 5.41) is 3.19. The van der Waals surface area contributed by atoms with Crippen molar-refractivity contribution < 1.29 is 9.53 Å². The van der Waals surface area contributed by atoms with E-state index in [0.717, 1.165) is 0 Å². The van der Waals surface area contributed by atoms with Crippen molar-refractivity contribution in [1.29, 1.82) is 0 Å². The van der Waals surface area contributed by atoms with E-state index in [1.165, 1.54) is 0 Å². The number of methoxy groups -OCH3 is 1. The number of benzene rings is 1. The summed E-state index contributed by atoms with van der Waals surface area (Å²) in [4.78, 5) is 11.6. The van der Waals surface area contributed by atoms with Crippen LogP contribution in [0.5, 0.6) is 5.75 Å². The summed E-state index contributed by atoms with van der Waals surface area (Å²) < 4.78 is 5.02. The van der Waals surface area contributed by atoms with Gasteiger partial charge in [0.2, 0.25) is 5.91 Å². The molecule has 0 heterocycles. The van der Waals surface area contributed by atoms with Crippen molar-refractivity contribution in [3.8, 4) is 5.75 Å². The molecular formula is C12H17ClN2O2. The summed E-state index contributed by atoms with van der Waals surface area (Å²) >= 11 is 6.00. The number of carbonyl (C=O) groups is 1. The summed E-state index contributed by atoms with van der Waals surface area (Å²) in [6.07, 6.45) is 1.04. The minimum Gasteiger partial charge on any atom is -0.497 e. The molecule has 1 unspecified atom stereocenters. The van der Waals surface area contributed by atoms with Gasteiger partial charge in [-0.1, -0.05) is 11.6 Å². The fourth-order valence-corrected chi connectivity index (χ4v) is 1.51. The molecule has 0 bridgehead atoms. The Hall–Kier alpha value is -1.26. The average molecular weight is 257 g/mol. The summed E-state index contributed by atoms with van der Waals surface area (Å²) in [7, 11) is 1.56. The van der Waals surface area contributed by atoms with Crippen molar-refractivity contribution in [1.82, 2.24) is 0 Å². The summed E-state index contributed by atoms with van der Waals surface area (Å²) in [5.74, 6) is 0.568. The smallest absolute Gasteiger partial charge is 0.224 e. The van der Waals surface area contributed by atoms with Crippen molar-refractivity contribution in [3.63, 3.8) is 0 Å². The van der Waals surface area contributed by atoms with Crippen molar-refractivity contribution in [2.75, 3.05) is 12.4 Å². The molecule has 0 radical (unpaired) electrons. The fraction of sp³-hybridized carbons (Fsp3) is 0.417. The van der Waals surface area contributed by atoms with E-state index in [0.29, 0.717) is 29.3 Å². The number of hydrogen-bond donors (Lipinski definition) is 2. The van der Waals surface area contributed by atoms with Gasteiger partial charge >= 0.3 is 0 Å². The minimum absolute atomic E-state index is 0.0205. The summed E-state index contributed by atoms with van der Waals surface area (Å²) in [5.41, 5.74) is 6.16. The topological polar surface area (TPSA) is 64.3 Å². The van der Waals surface area contributed by atoms with Gasteiger partial charge in [-0.05, 0) is 25.5 Å². The first-order valence-electron chi connectivity index (χ1n) is 5.42. The normalized spacial score (nSPS) is 12.0. The number of anilines is 1. The third kappa shape index (κ3) is 4.63. The number of rotatable bonds is 5. The van der Waals surface area contributed by atoms with E-state index in [-0.39, 0.29) is 11.9 Å². The number of amides is 1. The highest BCUT2D eigenvalue weighted by atomic mass is 35.5. The molecule has 1 rings (SSSR count). The van der Waals surface area contributed by atoms with Gasteiger partial charge in [-0.2, -0.15) is 0 Å². The molecule has 5 heteroatoms. The molecule has 0 saturated carbocycles. The Morgan fingerprint density at radius 1 is 1.59 bits per heavy atom. The molecule has 4 nitrogen and oxygen atoms in total. The number of nitrogens with one attached hydrogen (secondary N) is 1. The number of ether oxygens (including phenoxy) is 1. The van der Waals surface area contributed by atoms with Crippen molar-refractivity contribution in [2.24, 2.45) is 5.73 Å². The number of carbonyl (C=O) groups excluding carboxylic acids is 1. The van der Waals surface area contributed by atoms with Gasteiger partial charge in [0.1, 0.15) is 5.75 Å². The molecule has 0 aliphatic heterocycles. The largest absolute Gasteiger partial charge is 0.497 e. The zero-order valence-electron chi connectivity index (χ0n) is 10.00. The predicted octanol–water partition coefficient (Wildman–Crippen LogP) is 2.41. The Bertz CT molecular complexity index is 394.